The van der Waals surface area contributed by atoms with Crippen LogP contribution in [-0.4, -0.2) is 29.6 Å². The van der Waals surface area contributed by atoms with Crippen molar-refractivity contribution in [2.45, 2.75) is 51.2 Å². The molecule has 1 N–H and O–H groups in total. The highest BCUT2D eigenvalue weighted by Gasteiger charge is 2.46. The average Bonchev–Trinajstić information content (AvgIpc) is 3.27. The Kier molecular flexibility index (Phi) is 3.59. The number of halogens is 1. The first-order valence-corrected chi connectivity index (χ1v) is 7.76. The van der Waals surface area contributed by atoms with E-state index in [-0.39, 0.29) is 11.4 Å². The number of benzene rings is 1. The molecule has 2 fully saturated rings. The lowest BCUT2D eigenvalue weighted by Gasteiger charge is -2.48. The normalized spacial score (nSPS) is 33.1. The fraction of sp³-hybridized carbons (Fsp3) is 0.647. The standard InChI is InChI=1S/C17H25FN2/c1-12-10-19-17(3,15-6-7-15)11-20(12)13(2)14-4-8-16(18)9-5-14/h4-5,8-9,12-13,15,19H,6-7,10-11H2,1-3H3. The van der Waals surface area contributed by atoms with Gasteiger partial charge in [0, 0.05) is 30.7 Å². The molecular formula is C17H25FN2. The molecule has 1 heterocycles. The molecule has 3 unspecified atom stereocenters. The lowest BCUT2D eigenvalue weighted by molar-refractivity contribution is 0.0516. The maximum atomic E-state index is 13.1. The van der Waals surface area contributed by atoms with Gasteiger partial charge >= 0.3 is 0 Å². The Morgan fingerprint density at radius 1 is 1.30 bits per heavy atom. The molecule has 1 aromatic carbocycles. The largest absolute Gasteiger partial charge is 0.308 e. The fourth-order valence-electron chi connectivity index (χ4n) is 3.53. The Bertz CT molecular complexity index is 468. The van der Waals surface area contributed by atoms with Crippen molar-refractivity contribution in [2.75, 3.05) is 13.1 Å². The Hall–Kier alpha value is -0.930. The zero-order valence-electron chi connectivity index (χ0n) is 12.7. The third-order valence-electron chi connectivity index (χ3n) is 5.21. The second kappa shape index (κ2) is 5.12. The highest BCUT2D eigenvalue weighted by atomic mass is 19.1. The summed E-state index contributed by atoms with van der Waals surface area (Å²) in [7, 11) is 0. The van der Waals surface area contributed by atoms with E-state index in [0.717, 1.165) is 19.0 Å². The van der Waals surface area contributed by atoms with Gasteiger partial charge in [-0.05, 0) is 57.2 Å². The lowest BCUT2D eigenvalue weighted by Crippen LogP contribution is -2.63. The van der Waals surface area contributed by atoms with E-state index in [0.29, 0.717) is 12.1 Å². The molecule has 0 amide bonds. The van der Waals surface area contributed by atoms with Crippen LogP contribution in [0, 0.1) is 11.7 Å². The van der Waals surface area contributed by atoms with Crippen molar-refractivity contribution in [2.24, 2.45) is 5.92 Å². The van der Waals surface area contributed by atoms with Crippen molar-refractivity contribution in [3.05, 3.63) is 35.6 Å². The summed E-state index contributed by atoms with van der Waals surface area (Å²) in [6.45, 7) is 9.00. The van der Waals surface area contributed by atoms with E-state index in [2.05, 4.69) is 31.0 Å². The first-order valence-electron chi connectivity index (χ1n) is 7.76. The molecule has 3 heteroatoms. The summed E-state index contributed by atoms with van der Waals surface area (Å²) in [6.07, 6.45) is 2.72. The zero-order chi connectivity index (χ0) is 14.3. The Labute approximate surface area is 121 Å². The van der Waals surface area contributed by atoms with Gasteiger partial charge in [-0.3, -0.25) is 4.90 Å². The van der Waals surface area contributed by atoms with E-state index in [1.807, 2.05) is 12.1 Å². The van der Waals surface area contributed by atoms with Gasteiger partial charge in [0.15, 0.2) is 0 Å². The maximum absolute atomic E-state index is 13.1. The smallest absolute Gasteiger partial charge is 0.123 e. The minimum Gasteiger partial charge on any atom is -0.308 e. The number of rotatable bonds is 3. The minimum atomic E-state index is -0.155. The van der Waals surface area contributed by atoms with Gasteiger partial charge in [0.25, 0.3) is 0 Å². The van der Waals surface area contributed by atoms with E-state index in [1.165, 1.54) is 18.4 Å². The molecule has 3 atom stereocenters. The van der Waals surface area contributed by atoms with E-state index in [9.17, 15) is 4.39 Å². The number of nitrogens with zero attached hydrogens (tertiary/aromatic N) is 1. The van der Waals surface area contributed by atoms with Crippen LogP contribution in [0.3, 0.4) is 0 Å². The van der Waals surface area contributed by atoms with Crippen molar-refractivity contribution < 1.29 is 4.39 Å². The summed E-state index contributed by atoms with van der Waals surface area (Å²) in [5.41, 5.74) is 1.46. The third kappa shape index (κ3) is 2.61. The third-order valence-corrected chi connectivity index (χ3v) is 5.21. The molecular weight excluding hydrogens is 251 g/mol. The van der Waals surface area contributed by atoms with Gasteiger partial charge in [0.05, 0.1) is 0 Å². The van der Waals surface area contributed by atoms with E-state index < -0.39 is 0 Å². The van der Waals surface area contributed by atoms with Crippen LogP contribution in [0.1, 0.15) is 45.2 Å². The van der Waals surface area contributed by atoms with E-state index in [1.54, 1.807) is 12.1 Å². The number of hydrogen-bond acceptors (Lipinski definition) is 2. The summed E-state index contributed by atoms with van der Waals surface area (Å²) in [5.74, 6) is 0.676. The van der Waals surface area contributed by atoms with Crippen LogP contribution < -0.4 is 5.32 Å². The van der Waals surface area contributed by atoms with Crippen LogP contribution in [-0.2, 0) is 0 Å². The molecule has 1 aromatic rings. The van der Waals surface area contributed by atoms with Crippen molar-refractivity contribution in [1.29, 1.82) is 0 Å². The van der Waals surface area contributed by atoms with Crippen LogP contribution in [0.5, 0.6) is 0 Å². The first kappa shape index (κ1) is 14.0. The molecule has 3 rings (SSSR count). The highest BCUT2D eigenvalue weighted by Crippen LogP contribution is 2.42. The van der Waals surface area contributed by atoms with Crippen LogP contribution >= 0.6 is 0 Å². The quantitative estimate of drug-likeness (QED) is 0.911. The molecule has 20 heavy (non-hydrogen) atoms. The van der Waals surface area contributed by atoms with Gasteiger partial charge in [-0.1, -0.05) is 12.1 Å². The molecule has 0 bridgehead atoms. The van der Waals surface area contributed by atoms with Gasteiger partial charge < -0.3 is 5.32 Å². The molecule has 0 radical (unpaired) electrons. The Morgan fingerprint density at radius 3 is 2.55 bits per heavy atom. The molecule has 2 aliphatic rings. The van der Waals surface area contributed by atoms with Gasteiger partial charge in [-0.2, -0.15) is 0 Å². The molecule has 1 aliphatic heterocycles. The molecule has 0 spiro atoms. The van der Waals surface area contributed by atoms with Gasteiger partial charge in [0.2, 0.25) is 0 Å². The Morgan fingerprint density at radius 2 is 1.95 bits per heavy atom. The second-order valence-corrected chi connectivity index (χ2v) is 6.82. The van der Waals surface area contributed by atoms with Crippen LogP contribution in [0.2, 0.25) is 0 Å². The summed E-state index contributed by atoms with van der Waals surface area (Å²) >= 11 is 0. The molecule has 1 aliphatic carbocycles. The van der Waals surface area contributed by atoms with Crippen LogP contribution in [0.25, 0.3) is 0 Å². The maximum Gasteiger partial charge on any atom is 0.123 e. The topological polar surface area (TPSA) is 15.3 Å². The van der Waals surface area contributed by atoms with Crippen molar-refractivity contribution >= 4 is 0 Å². The van der Waals surface area contributed by atoms with Gasteiger partial charge in [0.1, 0.15) is 5.82 Å². The summed E-state index contributed by atoms with van der Waals surface area (Å²) in [4.78, 5) is 2.57. The molecule has 2 nitrogen and oxygen atoms in total. The lowest BCUT2D eigenvalue weighted by atomic mass is 9.89. The minimum absolute atomic E-state index is 0.155. The van der Waals surface area contributed by atoms with Crippen LogP contribution in [0.15, 0.2) is 24.3 Å². The number of nitrogens with one attached hydrogen (secondary N) is 1. The predicted molar refractivity (Wildman–Crippen MR) is 80.1 cm³/mol. The second-order valence-electron chi connectivity index (χ2n) is 6.82. The van der Waals surface area contributed by atoms with Crippen molar-refractivity contribution in [3.8, 4) is 0 Å². The number of piperazine rings is 1. The van der Waals surface area contributed by atoms with Gasteiger partial charge in [-0.25, -0.2) is 4.39 Å². The highest BCUT2D eigenvalue weighted by molar-refractivity contribution is 5.20. The predicted octanol–water partition coefficient (Wildman–Crippen LogP) is 3.35. The van der Waals surface area contributed by atoms with E-state index in [4.69, 9.17) is 0 Å². The van der Waals surface area contributed by atoms with Crippen LogP contribution in [0.4, 0.5) is 4.39 Å². The van der Waals surface area contributed by atoms with Crippen molar-refractivity contribution in [1.82, 2.24) is 10.2 Å². The van der Waals surface area contributed by atoms with E-state index >= 15 is 0 Å². The molecule has 1 saturated carbocycles. The molecule has 0 aromatic heterocycles. The zero-order valence-corrected chi connectivity index (χ0v) is 12.7. The van der Waals surface area contributed by atoms with Gasteiger partial charge in [-0.15, -0.1) is 0 Å². The summed E-state index contributed by atoms with van der Waals surface area (Å²) < 4.78 is 13.1. The van der Waals surface area contributed by atoms with Crippen molar-refractivity contribution in [3.63, 3.8) is 0 Å². The average molecular weight is 276 g/mol. The SMILES string of the molecule is CC1CNC(C)(C2CC2)CN1C(C)c1ccc(F)cc1. The first-order chi connectivity index (χ1) is 9.49. The molecule has 110 valence electrons. The number of hydrogen-bond donors (Lipinski definition) is 1. The summed E-state index contributed by atoms with van der Waals surface area (Å²) in [5, 5.41) is 3.75. The monoisotopic (exact) mass is 276 g/mol. The fourth-order valence-corrected chi connectivity index (χ4v) is 3.53. The molecule has 1 saturated heterocycles. The Balaban J connectivity index is 1.77. The summed E-state index contributed by atoms with van der Waals surface area (Å²) in [6, 6.07) is 7.83.